The molecule has 1 aliphatic heterocycles. The van der Waals surface area contributed by atoms with E-state index in [1.165, 1.54) is 4.90 Å². The number of carbonyl (C=O) groups excluding carboxylic acids is 3. The van der Waals surface area contributed by atoms with E-state index in [1.54, 1.807) is 19.1 Å². The van der Waals surface area contributed by atoms with Crippen LogP contribution in [0.15, 0.2) is 24.3 Å². The number of hydrogen-bond donors (Lipinski definition) is 3. The van der Waals surface area contributed by atoms with Gasteiger partial charge in [0.15, 0.2) is 5.69 Å². The van der Waals surface area contributed by atoms with E-state index < -0.39 is 17.9 Å². The van der Waals surface area contributed by atoms with Crippen molar-refractivity contribution in [1.29, 1.82) is 0 Å². The molecule has 0 radical (unpaired) electrons. The molecule has 2 heterocycles. The van der Waals surface area contributed by atoms with E-state index >= 15 is 0 Å². The Kier molecular flexibility index (Phi) is 6.68. The Hall–Kier alpha value is -2.98. The van der Waals surface area contributed by atoms with Crippen LogP contribution in [-0.2, 0) is 9.53 Å². The molecular weight excluding hydrogens is 406 g/mol. The number of rotatable bonds is 7. The lowest BCUT2D eigenvalue weighted by Crippen LogP contribution is -2.49. The fourth-order valence-electron chi connectivity index (χ4n) is 3.25. The van der Waals surface area contributed by atoms with Crippen LogP contribution in [0.2, 0.25) is 0 Å². The van der Waals surface area contributed by atoms with Gasteiger partial charge < -0.3 is 21.5 Å². The van der Waals surface area contributed by atoms with Crippen molar-refractivity contribution in [2.24, 2.45) is 5.73 Å². The van der Waals surface area contributed by atoms with E-state index in [1.807, 2.05) is 19.1 Å². The average molecular weight is 432 g/mol. The second-order valence-corrected chi connectivity index (χ2v) is 7.98. The van der Waals surface area contributed by atoms with Crippen LogP contribution in [0, 0.1) is 6.92 Å². The summed E-state index contributed by atoms with van der Waals surface area (Å²) in [5.41, 5.74) is 12.5. The minimum Gasteiger partial charge on any atom is -0.395 e. The number of amides is 3. The first kappa shape index (κ1) is 21.7. The summed E-state index contributed by atoms with van der Waals surface area (Å²) < 4.78 is 9.43. The van der Waals surface area contributed by atoms with E-state index in [0.717, 1.165) is 29.9 Å². The summed E-state index contributed by atoms with van der Waals surface area (Å²) in [7, 11) is 0. The zero-order valence-corrected chi connectivity index (χ0v) is 17.7. The van der Waals surface area contributed by atoms with Gasteiger partial charge in [0, 0.05) is 18.8 Å². The number of carbonyl (C=O) groups is 3. The van der Waals surface area contributed by atoms with Crippen LogP contribution >= 0.6 is 11.5 Å². The molecule has 1 aromatic carbocycles. The average Bonchev–Trinajstić information content (AvgIpc) is 3.37. The van der Waals surface area contributed by atoms with Gasteiger partial charge in [-0.1, -0.05) is 17.7 Å². The lowest BCUT2D eigenvalue weighted by molar-refractivity contribution is -0.122. The van der Waals surface area contributed by atoms with Crippen molar-refractivity contribution in [3.8, 4) is 0 Å². The molecule has 2 unspecified atom stereocenters. The largest absolute Gasteiger partial charge is 0.395 e. The lowest BCUT2D eigenvalue weighted by atomic mass is 10.1. The van der Waals surface area contributed by atoms with Crippen LogP contribution in [0.4, 0.5) is 11.4 Å². The Balaban J connectivity index is 1.88. The molecular formula is C20H25N5O4S. The maximum absolute atomic E-state index is 13.4. The summed E-state index contributed by atoms with van der Waals surface area (Å²) in [5.74, 6) is -1.66. The number of nitrogen functional groups attached to an aromatic ring is 1. The first-order valence-electron chi connectivity index (χ1n) is 9.64. The van der Waals surface area contributed by atoms with Gasteiger partial charge in [-0.3, -0.25) is 19.3 Å². The van der Waals surface area contributed by atoms with Crippen molar-refractivity contribution in [3.05, 3.63) is 40.4 Å². The number of primary amides is 1. The van der Waals surface area contributed by atoms with Crippen molar-refractivity contribution in [2.75, 3.05) is 23.8 Å². The van der Waals surface area contributed by atoms with Crippen LogP contribution in [0.25, 0.3) is 0 Å². The fraction of sp³-hybridized carbons (Fsp3) is 0.400. The second-order valence-electron chi connectivity index (χ2n) is 7.21. The Bertz CT molecular complexity index is 937. The molecule has 3 rings (SSSR count). The Labute approximate surface area is 178 Å². The molecule has 1 fully saturated rings. The van der Waals surface area contributed by atoms with Crippen LogP contribution in [0.3, 0.4) is 0 Å². The highest BCUT2D eigenvalue weighted by molar-refractivity contribution is 7.09. The van der Waals surface area contributed by atoms with Crippen molar-refractivity contribution >= 4 is 40.6 Å². The van der Waals surface area contributed by atoms with E-state index in [0.29, 0.717) is 18.8 Å². The monoisotopic (exact) mass is 431 g/mol. The van der Waals surface area contributed by atoms with Crippen LogP contribution in [0.5, 0.6) is 0 Å². The number of anilines is 2. The summed E-state index contributed by atoms with van der Waals surface area (Å²) in [5, 5.41) is 2.85. The Morgan fingerprint density at radius 1 is 1.33 bits per heavy atom. The van der Waals surface area contributed by atoms with Gasteiger partial charge >= 0.3 is 0 Å². The third-order valence-electron chi connectivity index (χ3n) is 4.98. The van der Waals surface area contributed by atoms with E-state index in [-0.39, 0.29) is 28.3 Å². The number of aryl methyl sites for hydroxylation is 1. The van der Waals surface area contributed by atoms with Crippen molar-refractivity contribution in [1.82, 2.24) is 9.69 Å². The quantitative estimate of drug-likeness (QED) is 0.606. The van der Waals surface area contributed by atoms with Gasteiger partial charge in [0.05, 0.1) is 11.8 Å². The van der Waals surface area contributed by atoms with Gasteiger partial charge in [-0.05, 0) is 50.4 Å². The lowest BCUT2D eigenvalue weighted by Gasteiger charge is -2.28. The molecule has 0 aliphatic carbocycles. The minimum absolute atomic E-state index is 0.0139. The first-order valence-corrected chi connectivity index (χ1v) is 10.4. The zero-order chi connectivity index (χ0) is 21.8. The highest BCUT2D eigenvalue weighted by atomic mass is 32.1. The SMILES string of the molecule is Cc1ccc(N(C(=O)c2snc(C(N)=O)c2N)C(C)C(=O)NCC2CCCO2)cc1. The first-order chi connectivity index (χ1) is 14.3. The molecule has 1 saturated heterocycles. The van der Waals surface area contributed by atoms with Gasteiger partial charge in [0.1, 0.15) is 10.9 Å². The molecule has 10 heteroatoms. The van der Waals surface area contributed by atoms with E-state index in [2.05, 4.69) is 9.69 Å². The summed E-state index contributed by atoms with van der Waals surface area (Å²) >= 11 is 0.783. The number of hydrogen-bond acceptors (Lipinski definition) is 7. The zero-order valence-electron chi connectivity index (χ0n) is 16.9. The molecule has 2 aromatic rings. The van der Waals surface area contributed by atoms with Gasteiger partial charge in [-0.25, -0.2) is 0 Å². The maximum atomic E-state index is 13.4. The van der Waals surface area contributed by atoms with Crippen LogP contribution in [-0.4, -0.2) is 47.4 Å². The number of nitrogens with one attached hydrogen (secondary N) is 1. The minimum atomic E-state index is -0.833. The predicted octanol–water partition coefficient (Wildman–Crippen LogP) is 1.46. The molecule has 9 nitrogen and oxygen atoms in total. The number of nitrogens with zero attached hydrogens (tertiary/aromatic N) is 2. The highest BCUT2D eigenvalue weighted by Crippen LogP contribution is 2.27. The maximum Gasteiger partial charge on any atom is 0.272 e. The van der Waals surface area contributed by atoms with Crippen LogP contribution in [0.1, 0.15) is 45.5 Å². The molecule has 30 heavy (non-hydrogen) atoms. The molecule has 2 atom stereocenters. The third kappa shape index (κ3) is 4.60. The summed E-state index contributed by atoms with van der Waals surface area (Å²) in [6.45, 7) is 4.63. The Morgan fingerprint density at radius 2 is 2.03 bits per heavy atom. The molecule has 0 spiro atoms. The van der Waals surface area contributed by atoms with Gasteiger partial charge in [-0.15, -0.1) is 0 Å². The van der Waals surface area contributed by atoms with E-state index in [9.17, 15) is 14.4 Å². The van der Waals surface area contributed by atoms with Crippen molar-refractivity contribution in [2.45, 2.75) is 38.8 Å². The van der Waals surface area contributed by atoms with Crippen molar-refractivity contribution < 1.29 is 19.1 Å². The van der Waals surface area contributed by atoms with E-state index in [4.69, 9.17) is 16.2 Å². The smallest absolute Gasteiger partial charge is 0.272 e. The molecule has 3 amide bonds. The highest BCUT2D eigenvalue weighted by Gasteiger charge is 2.32. The van der Waals surface area contributed by atoms with Gasteiger partial charge in [0.25, 0.3) is 11.8 Å². The normalized spacial score (nSPS) is 16.8. The van der Waals surface area contributed by atoms with Gasteiger partial charge in [0.2, 0.25) is 5.91 Å². The molecule has 5 N–H and O–H groups in total. The topological polar surface area (TPSA) is 141 Å². The van der Waals surface area contributed by atoms with Crippen LogP contribution < -0.4 is 21.7 Å². The third-order valence-corrected chi connectivity index (χ3v) is 5.83. The van der Waals surface area contributed by atoms with Gasteiger partial charge in [-0.2, -0.15) is 4.37 Å². The number of nitrogens with two attached hydrogens (primary N) is 2. The number of ether oxygens (including phenoxy) is 1. The summed E-state index contributed by atoms with van der Waals surface area (Å²) in [6, 6.07) is 6.36. The molecule has 0 saturated carbocycles. The fourth-order valence-corrected chi connectivity index (χ4v) is 3.99. The molecule has 0 bridgehead atoms. The van der Waals surface area contributed by atoms with Crippen molar-refractivity contribution in [3.63, 3.8) is 0 Å². The summed E-state index contributed by atoms with van der Waals surface area (Å²) in [6.07, 6.45) is 1.85. The Morgan fingerprint density at radius 3 is 2.60 bits per heavy atom. The molecule has 1 aliphatic rings. The molecule has 1 aromatic heterocycles. The number of aromatic nitrogens is 1. The predicted molar refractivity (Wildman–Crippen MR) is 114 cm³/mol. The second kappa shape index (κ2) is 9.23. The number of benzene rings is 1. The molecule has 160 valence electrons. The summed E-state index contributed by atoms with van der Waals surface area (Å²) in [4.78, 5) is 39.1. The standard InChI is InChI=1S/C20H25N5O4S/c1-11-5-7-13(8-6-11)25(12(2)19(27)23-10-14-4-3-9-29-14)20(28)17-15(21)16(18(22)26)24-30-17/h5-8,12,14H,3-4,9-10,21H2,1-2H3,(H2,22,26)(H,23,27).